The molecular weight excluding hydrogens is 274 g/mol. The molecule has 0 saturated carbocycles. The molecule has 21 heavy (non-hydrogen) atoms. The van der Waals surface area contributed by atoms with Crippen LogP contribution in [-0.2, 0) is 13.1 Å². The average Bonchev–Trinajstić information content (AvgIpc) is 2.49. The maximum absolute atomic E-state index is 13.9. The molecule has 5 heteroatoms. The van der Waals surface area contributed by atoms with Crippen molar-refractivity contribution in [2.75, 3.05) is 0 Å². The Bertz CT molecular complexity index is 671. The maximum Gasteiger partial charge on any atom is 0.257 e. The smallest absolute Gasteiger partial charge is 0.257 e. The van der Waals surface area contributed by atoms with Crippen LogP contribution in [0.3, 0.4) is 0 Å². The van der Waals surface area contributed by atoms with Crippen molar-refractivity contribution in [3.63, 3.8) is 0 Å². The number of aryl methyl sites for hydroxylation is 1. The van der Waals surface area contributed by atoms with Gasteiger partial charge in [0.15, 0.2) is 0 Å². The second-order valence-electron chi connectivity index (χ2n) is 4.71. The van der Waals surface area contributed by atoms with Gasteiger partial charge in [-0.1, -0.05) is 30.3 Å². The Hall–Kier alpha value is -2.27. The Kier molecular flexibility index (Phi) is 4.65. The molecule has 2 rings (SSSR count). The van der Waals surface area contributed by atoms with Gasteiger partial charge in [-0.25, -0.2) is 8.78 Å². The van der Waals surface area contributed by atoms with E-state index in [0.717, 1.165) is 17.2 Å². The lowest BCUT2D eigenvalue weighted by Gasteiger charge is -2.11. The predicted molar refractivity (Wildman–Crippen MR) is 76.6 cm³/mol. The fraction of sp³-hybridized carbons (Fsp3) is 0.188. The number of hydrogen-bond acceptors (Lipinski definition) is 2. The van der Waals surface area contributed by atoms with E-state index in [4.69, 9.17) is 5.73 Å². The van der Waals surface area contributed by atoms with Crippen LogP contribution in [-0.4, -0.2) is 5.91 Å². The van der Waals surface area contributed by atoms with Crippen molar-refractivity contribution in [2.24, 2.45) is 5.73 Å². The van der Waals surface area contributed by atoms with Crippen LogP contribution in [0.15, 0.2) is 36.4 Å². The highest BCUT2D eigenvalue weighted by Crippen LogP contribution is 2.16. The quantitative estimate of drug-likeness (QED) is 0.909. The van der Waals surface area contributed by atoms with E-state index in [2.05, 4.69) is 5.32 Å². The van der Waals surface area contributed by atoms with Crippen LogP contribution < -0.4 is 11.1 Å². The van der Waals surface area contributed by atoms with Crippen LogP contribution in [0, 0.1) is 18.6 Å². The van der Waals surface area contributed by atoms with Crippen LogP contribution in [0.25, 0.3) is 0 Å². The largest absolute Gasteiger partial charge is 0.348 e. The highest BCUT2D eigenvalue weighted by molar-refractivity contribution is 5.94. The van der Waals surface area contributed by atoms with Crippen molar-refractivity contribution in [2.45, 2.75) is 20.0 Å². The maximum atomic E-state index is 13.9. The third-order valence-corrected chi connectivity index (χ3v) is 3.29. The Morgan fingerprint density at radius 1 is 1.14 bits per heavy atom. The molecule has 3 nitrogen and oxygen atoms in total. The Morgan fingerprint density at radius 3 is 2.48 bits per heavy atom. The number of carbonyl (C=O) groups is 1. The summed E-state index contributed by atoms with van der Waals surface area (Å²) in [6.07, 6.45) is 0. The van der Waals surface area contributed by atoms with Gasteiger partial charge in [0.1, 0.15) is 17.2 Å². The summed E-state index contributed by atoms with van der Waals surface area (Å²) in [6.45, 7) is 1.98. The topological polar surface area (TPSA) is 55.1 Å². The van der Waals surface area contributed by atoms with Crippen molar-refractivity contribution in [1.29, 1.82) is 0 Å². The first-order valence-corrected chi connectivity index (χ1v) is 6.54. The summed E-state index contributed by atoms with van der Waals surface area (Å²) >= 11 is 0. The van der Waals surface area contributed by atoms with Crippen LogP contribution >= 0.6 is 0 Å². The molecule has 2 aromatic rings. The van der Waals surface area contributed by atoms with Gasteiger partial charge in [0.2, 0.25) is 0 Å². The number of amides is 1. The monoisotopic (exact) mass is 290 g/mol. The lowest BCUT2D eigenvalue weighted by Crippen LogP contribution is -2.26. The van der Waals surface area contributed by atoms with Crippen molar-refractivity contribution >= 4 is 5.91 Å². The SMILES string of the molecule is Cc1ccc(F)c(C(=O)NCc2ccccc2CN)c1F. The number of nitrogens with two attached hydrogens (primary N) is 1. The number of carbonyl (C=O) groups excluding carboxylic acids is 1. The highest BCUT2D eigenvalue weighted by Gasteiger charge is 2.18. The third-order valence-electron chi connectivity index (χ3n) is 3.29. The Balaban J connectivity index is 2.18. The first-order valence-electron chi connectivity index (χ1n) is 6.54. The fourth-order valence-corrected chi connectivity index (χ4v) is 2.06. The highest BCUT2D eigenvalue weighted by atomic mass is 19.1. The molecule has 0 aliphatic carbocycles. The predicted octanol–water partition coefficient (Wildman–Crippen LogP) is 2.66. The van der Waals surface area contributed by atoms with Gasteiger partial charge in [-0.2, -0.15) is 0 Å². The molecule has 0 spiro atoms. The van der Waals surface area contributed by atoms with Crippen LogP contribution in [0.1, 0.15) is 27.0 Å². The Morgan fingerprint density at radius 2 is 1.81 bits per heavy atom. The van der Waals surface area contributed by atoms with Crippen molar-refractivity contribution < 1.29 is 13.6 Å². The molecule has 0 aromatic heterocycles. The third kappa shape index (κ3) is 3.25. The summed E-state index contributed by atoms with van der Waals surface area (Å²) in [4.78, 5) is 12.0. The van der Waals surface area contributed by atoms with E-state index in [0.29, 0.717) is 6.54 Å². The van der Waals surface area contributed by atoms with Crippen LogP contribution in [0.2, 0.25) is 0 Å². The van der Waals surface area contributed by atoms with E-state index in [1.54, 1.807) is 0 Å². The number of rotatable bonds is 4. The first kappa shape index (κ1) is 15.1. The number of nitrogens with one attached hydrogen (secondary N) is 1. The van der Waals surface area contributed by atoms with Crippen LogP contribution in [0.4, 0.5) is 8.78 Å². The molecule has 0 unspecified atom stereocenters. The van der Waals surface area contributed by atoms with Gasteiger partial charge in [-0.05, 0) is 29.7 Å². The fourth-order valence-electron chi connectivity index (χ4n) is 2.06. The molecule has 0 aliphatic heterocycles. The number of benzene rings is 2. The van der Waals surface area contributed by atoms with E-state index < -0.39 is 23.1 Å². The van der Waals surface area contributed by atoms with Gasteiger partial charge < -0.3 is 11.1 Å². The molecule has 0 fully saturated rings. The van der Waals surface area contributed by atoms with E-state index in [1.807, 2.05) is 24.3 Å². The molecule has 0 bridgehead atoms. The minimum atomic E-state index is -0.872. The molecule has 0 atom stereocenters. The van der Waals surface area contributed by atoms with E-state index in [1.165, 1.54) is 13.0 Å². The zero-order chi connectivity index (χ0) is 15.4. The van der Waals surface area contributed by atoms with Crippen LogP contribution in [0.5, 0.6) is 0 Å². The molecule has 0 radical (unpaired) electrons. The number of halogens is 2. The van der Waals surface area contributed by atoms with Gasteiger partial charge in [0.05, 0.1) is 0 Å². The van der Waals surface area contributed by atoms with Crippen molar-refractivity contribution in [3.05, 3.63) is 70.3 Å². The van der Waals surface area contributed by atoms with Gasteiger partial charge in [-0.3, -0.25) is 4.79 Å². The molecule has 1 amide bonds. The molecular formula is C16H16F2N2O. The van der Waals surface area contributed by atoms with Gasteiger partial charge in [0, 0.05) is 13.1 Å². The minimum Gasteiger partial charge on any atom is -0.348 e. The zero-order valence-corrected chi connectivity index (χ0v) is 11.6. The molecule has 110 valence electrons. The standard InChI is InChI=1S/C16H16F2N2O/c1-10-6-7-13(17)14(15(10)18)16(21)20-9-12-5-3-2-4-11(12)8-19/h2-7H,8-9,19H2,1H3,(H,20,21). The zero-order valence-electron chi connectivity index (χ0n) is 11.6. The average molecular weight is 290 g/mol. The molecule has 0 heterocycles. The summed E-state index contributed by atoms with van der Waals surface area (Å²) in [5.41, 5.74) is 6.97. The summed E-state index contributed by atoms with van der Waals surface area (Å²) < 4.78 is 27.5. The summed E-state index contributed by atoms with van der Waals surface area (Å²) in [6, 6.07) is 9.69. The lowest BCUT2D eigenvalue weighted by molar-refractivity contribution is 0.0942. The summed E-state index contributed by atoms with van der Waals surface area (Å²) in [7, 11) is 0. The summed E-state index contributed by atoms with van der Waals surface area (Å²) in [5.74, 6) is -2.48. The summed E-state index contributed by atoms with van der Waals surface area (Å²) in [5, 5.41) is 2.52. The normalized spacial score (nSPS) is 10.5. The number of hydrogen-bond donors (Lipinski definition) is 2. The lowest BCUT2D eigenvalue weighted by atomic mass is 10.1. The minimum absolute atomic E-state index is 0.166. The molecule has 0 saturated heterocycles. The van der Waals surface area contributed by atoms with E-state index in [9.17, 15) is 13.6 Å². The second kappa shape index (κ2) is 6.45. The van der Waals surface area contributed by atoms with Gasteiger partial charge in [0.25, 0.3) is 5.91 Å². The first-order chi connectivity index (χ1) is 10.0. The van der Waals surface area contributed by atoms with Crippen molar-refractivity contribution in [3.8, 4) is 0 Å². The van der Waals surface area contributed by atoms with E-state index in [-0.39, 0.29) is 12.1 Å². The van der Waals surface area contributed by atoms with E-state index >= 15 is 0 Å². The Labute approximate surface area is 121 Å². The second-order valence-corrected chi connectivity index (χ2v) is 4.71. The van der Waals surface area contributed by atoms with Crippen molar-refractivity contribution in [1.82, 2.24) is 5.32 Å². The molecule has 3 N–H and O–H groups in total. The molecule has 2 aromatic carbocycles. The van der Waals surface area contributed by atoms with Gasteiger partial charge in [-0.15, -0.1) is 0 Å². The van der Waals surface area contributed by atoms with Gasteiger partial charge >= 0.3 is 0 Å². The molecule has 0 aliphatic rings.